The molecular formula is C21H26N6O3. The van der Waals surface area contributed by atoms with Crippen LogP contribution in [0.3, 0.4) is 0 Å². The Kier molecular flexibility index (Phi) is 5.56. The van der Waals surface area contributed by atoms with Crippen LogP contribution in [0.5, 0.6) is 17.4 Å². The lowest BCUT2D eigenvalue weighted by Gasteiger charge is -2.20. The molecular weight excluding hydrogens is 384 g/mol. The number of aromatic nitrogens is 3. The first-order valence-electron chi connectivity index (χ1n) is 9.95. The molecule has 5 N–H and O–H groups in total. The summed E-state index contributed by atoms with van der Waals surface area (Å²) in [6, 6.07) is 5.60. The summed E-state index contributed by atoms with van der Waals surface area (Å²) < 4.78 is 6.20. The fourth-order valence-corrected chi connectivity index (χ4v) is 3.77. The van der Waals surface area contributed by atoms with E-state index in [1.165, 1.54) is 6.33 Å². The zero-order chi connectivity index (χ0) is 21.3. The molecule has 0 spiro atoms. The summed E-state index contributed by atoms with van der Waals surface area (Å²) in [7, 11) is 0. The molecule has 2 aromatic heterocycles. The third kappa shape index (κ3) is 3.81. The number of aliphatic hydroxyl groups excluding tert-OH is 1. The van der Waals surface area contributed by atoms with Crippen molar-refractivity contribution in [3.8, 4) is 17.4 Å². The van der Waals surface area contributed by atoms with Crippen LogP contribution in [0.15, 0.2) is 24.5 Å². The minimum atomic E-state index is 0.113. The molecule has 3 heterocycles. The van der Waals surface area contributed by atoms with Gasteiger partial charge in [0.25, 0.3) is 0 Å². The minimum absolute atomic E-state index is 0.113. The lowest BCUT2D eigenvalue weighted by atomic mass is 10.1. The third-order valence-corrected chi connectivity index (χ3v) is 5.43. The highest BCUT2D eigenvalue weighted by atomic mass is 16.5. The number of pyridine rings is 1. The fraction of sp³-hybridized carbons (Fsp3) is 0.381. The molecule has 4 rings (SSSR count). The van der Waals surface area contributed by atoms with Gasteiger partial charge in [-0.25, -0.2) is 9.97 Å². The highest BCUT2D eigenvalue weighted by Crippen LogP contribution is 2.38. The highest BCUT2D eigenvalue weighted by molar-refractivity contribution is 5.94. The summed E-state index contributed by atoms with van der Waals surface area (Å²) in [6.07, 6.45) is 2.37. The van der Waals surface area contributed by atoms with E-state index in [1.54, 1.807) is 19.1 Å². The van der Waals surface area contributed by atoms with Crippen molar-refractivity contribution < 1.29 is 14.9 Å². The summed E-state index contributed by atoms with van der Waals surface area (Å²) in [4.78, 5) is 15.4. The van der Waals surface area contributed by atoms with Gasteiger partial charge >= 0.3 is 0 Å². The zero-order valence-electron chi connectivity index (χ0n) is 17.1. The second-order valence-corrected chi connectivity index (χ2v) is 7.51. The molecule has 30 heavy (non-hydrogen) atoms. The van der Waals surface area contributed by atoms with E-state index in [0.29, 0.717) is 34.6 Å². The normalized spacial score (nSPS) is 16.4. The van der Waals surface area contributed by atoms with Gasteiger partial charge in [-0.3, -0.25) is 0 Å². The SMILES string of the molecule is Cc1ccc(O)c(C)c1Oc1nc(N2CC[C@@H](NCCO)C2)cc2ncnc(N)c12. The molecule has 0 radical (unpaired) electrons. The Morgan fingerprint density at radius 3 is 2.93 bits per heavy atom. The number of ether oxygens (including phenoxy) is 1. The number of anilines is 2. The van der Waals surface area contributed by atoms with Crippen LogP contribution in [0.25, 0.3) is 10.9 Å². The maximum atomic E-state index is 10.1. The number of hydrogen-bond acceptors (Lipinski definition) is 9. The molecule has 0 unspecified atom stereocenters. The molecule has 1 fully saturated rings. The van der Waals surface area contributed by atoms with Gasteiger partial charge in [0.1, 0.15) is 34.8 Å². The largest absolute Gasteiger partial charge is 0.508 e. The van der Waals surface area contributed by atoms with E-state index >= 15 is 0 Å². The number of benzene rings is 1. The van der Waals surface area contributed by atoms with Crippen LogP contribution in [0.2, 0.25) is 0 Å². The smallest absolute Gasteiger partial charge is 0.234 e. The molecule has 0 bridgehead atoms. The number of aryl methyl sites for hydroxylation is 1. The molecule has 0 amide bonds. The standard InChI is InChI=1S/C21H26N6O3/c1-12-3-4-16(29)13(2)19(12)30-21-18-15(24-11-25-20(18)22)9-17(26-21)27-7-5-14(10-27)23-6-8-28/h3-4,9,11,14,23,28-29H,5-8,10H2,1-2H3,(H2,22,24,25)/t14-/m1/s1. The topological polar surface area (TPSA) is 130 Å². The van der Waals surface area contributed by atoms with E-state index in [4.69, 9.17) is 20.6 Å². The van der Waals surface area contributed by atoms with Crippen LogP contribution < -0.4 is 20.7 Å². The number of phenols is 1. The number of nitrogen functional groups attached to an aromatic ring is 1. The summed E-state index contributed by atoms with van der Waals surface area (Å²) in [5, 5.41) is 23.0. The second-order valence-electron chi connectivity index (χ2n) is 7.51. The molecule has 1 aliphatic heterocycles. The fourth-order valence-electron chi connectivity index (χ4n) is 3.77. The number of nitrogens with one attached hydrogen (secondary N) is 1. The Morgan fingerprint density at radius 1 is 1.30 bits per heavy atom. The molecule has 158 valence electrons. The lowest BCUT2D eigenvalue weighted by Crippen LogP contribution is -2.34. The first-order valence-corrected chi connectivity index (χ1v) is 9.95. The van der Waals surface area contributed by atoms with E-state index in [0.717, 1.165) is 30.9 Å². The highest BCUT2D eigenvalue weighted by Gasteiger charge is 2.25. The number of aromatic hydroxyl groups is 1. The van der Waals surface area contributed by atoms with E-state index < -0.39 is 0 Å². The van der Waals surface area contributed by atoms with Crippen molar-refractivity contribution in [2.45, 2.75) is 26.3 Å². The predicted molar refractivity (Wildman–Crippen MR) is 115 cm³/mol. The third-order valence-electron chi connectivity index (χ3n) is 5.43. The average molecular weight is 410 g/mol. The molecule has 1 atom stereocenters. The van der Waals surface area contributed by atoms with Crippen molar-refractivity contribution in [1.82, 2.24) is 20.3 Å². The number of nitrogens with zero attached hydrogens (tertiary/aromatic N) is 4. The molecule has 0 saturated carbocycles. The van der Waals surface area contributed by atoms with Crippen molar-refractivity contribution >= 4 is 22.5 Å². The Hall–Kier alpha value is -3.17. The Morgan fingerprint density at radius 2 is 2.13 bits per heavy atom. The van der Waals surface area contributed by atoms with E-state index in [-0.39, 0.29) is 24.2 Å². The van der Waals surface area contributed by atoms with Crippen LogP contribution >= 0.6 is 0 Å². The van der Waals surface area contributed by atoms with Crippen LogP contribution in [0.4, 0.5) is 11.6 Å². The monoisotopic (exact) mass is 410 g/mol. The van der Waals surface area contributed by atoms with E-state index in [9.17, 15) is 5.11 Å². The molecule has 1 aromatic carbocycles. The predicted octanol–water partition coefficient (Wildman–Crippen LogP) is 1.88. The van der Waals surface area contributed by atoms with Gasteiger partial charge in [-0.2, -0.15) is 4.98 Å². The van der Waals surface area contributed by atoms with Crippen LogP contribution in [0, 0.1) is 13.8 Å². The number of hydrogen-bond donors (Lipinski definition) is 4. The molecule has 0 aliphatic carbocycles. The van der Waals surface area contributed by atoms with Gasteiger partial charge in [-0.15, -0.1) is 0 Å². The van der Waals surface area contributed by atoms with Gasteiger partial charge in [-0.05, 0) is 31.9 Å². The number of nitrogens with two attached hydrogens (primary N) is 1. The Bertz CT molecular complexity index is 1070. The zero-order valence-corrected chi connectivity index (χ0v) is 17.1. The number of phenolic OH excluding ortho intramolecular Hbond substituents is 1. The molecule has 1 aliphatic rings. The molecule has 9 heteroatoms. The van der Waals surface area contributed by atoms with Crippen molar-refractivity contribution in [1.29, 1.82) is 0 Å². The maximum Gasteiger partial charge on any atom is 0.234 e. The van der Waals surface area contributed by atoms with Crippen LogP contribution in [-0.2, 0) is 0 Å². The molecule has 1 saturated heterocycles. The quantitative estimate of drug-likeness (QED) is 0.481. The summed E-state index contributed by atoms with van der Waals surface area (Å²) >= 11 is 0. The van der Waals surface area contributed by atoms with E-state index in [2.05, 4.69) is 20.2 Å². The van der Waals surface area contributed by atoms with Crippen LogP contribution in [-0.4, -0.2) is 57.4 Å². The summed E-state index contributed by atoms with van der Waals surface area (Å²) in [5.74, 6) is 2.02. The van der Waals surface area contributed by atoms with Gasteiger partial charge < -0.3 is 30.9 Å². The van der Waals surface area contributed by atoms with Crippen molar-refractivity contribution in [3.05, 3.63) is 35.7 Å². The average Bonchev–Trinajstić information content (AvgIpc) is 3.21. The minimum Gasteiger partial charge on any atom is -0.508 e. The van der Waals surface area contributed by atoms with E-state index in [1.807, 2.05) is 13.0 Å². The van der Waals surface area contributed by atoms with Crippen molar-refractivity contribution in [2.75, 3.05) is 36.9 Å². The maximum absolute atomic E-state index is 10.1. The number of fused-ring (bicyclic) bond motifs is 1. The van der Waals surface area contributed by atoms with Crippen molar-refractivity contribution in [3.63, 3.8) is 0 Å². The lowest BCUT2D eigenvalue weighted by molar-refractivity contribution is 0.286. The number of aliphatic hydroxyl groups is 1. The van der Waals surface area contributed by atoms with Gasteiger partial charge in [0, 0.05) is 37.3 Å². The van der Waals surface area contributed by atoms with Gasteiger partial charge in [-0.1, -0.05) is 6.07 Å². The molecule has 3 aromatic rings. The Labute approximate surface area is 174 Å². The second kappa shape index (κ2) is 8.29. The number of rotatable bonds is 6. The molecule has 9 nitrogen and oxygen atoms in total. The van der Waals surface area contributed by atoms with Gasteiger partial charge in [0.15, 0.2) is 0 Å². The summed E-state index contributed by atoms with van der Waals surface area (Å²) in [5.41, 5.74) is 8.27. The first-order chi connectivity index (χ1) is 14.5. The van der Waals surface area contributed by atoms with Crippen LogP contribution in [0.1, 0.15) is 17.5 Å². The van der Waals surface area contributed by atoms with Gasteiger partial charge in [0.2, 0.25) is 5.88 Å². The van der Waals surface area contributed by atoms with Gasteiger partial charge in [0.05, 0.1) is 12.1 Å². The first kappa shape index (κ1) is 20.1. The summed E-state index contributed by atoms with van der Waals surface area (Å²) in [6.45, 7) is 5.97. The Balaban J connectivity index is 1.75. The van der Waals surface area contributed by atoms with Crippen molar-refractivity contribution in [2.24, 2.45) is 0 Å².